The highest BCUT2D eigenvalue weighted by Gasteiger charge is 2.36. The number of hydrogen-bond donors (Lipinski definition) is 1. The molecule has 1 aliphatic carbocycles. The summed E-state index contributed by atoms with van der Waals surface area (Å²) in [5.74, 6) is -1.78. The monoisotopic (exact) mass is 521 g/mol. The Bertz CT molecular complexity index is 1220. The first kappa shape index (κ1) is 27.9. The van der Waals surface area contributed by atoms with Crippen molar-refractivity contribution in [3.63, 3.8) is 0 Å². The maximum atomic E-state index is 14.8. The molecule has 1 heterocycles. The van der Waals surface area contributed by atoms with E-state index in [9.17, 15) is 27.2 Å². The summed E-state index contributed by atoms with van der Waals surface area (Å²) < 4.78 is 66.0. The number of alkyl halides is 3. The zero-order valence-corrected chi connectivity index (χ0v) is 20.6. The van der Waals surface area contributed by atoms with Crippen LogP contribution in [0.2, 0.25) is 0 Å². The highest BCUT2D eigenvalue weighted by molar-refractivity contribution is 5.99. The third-order valence-corrected chi connectivity index (χ3v) is 5.30. The van der Waals surface area contributed by atoms with Crippen LogP contribution in [0.3, 0.4) is 0 Å². The van der Waals surface area contributed by atoms with Gasteiger partial charge in [0.05, 0.1) is 24.9 Å². The van der Waals surface area contributed by atoms with Gasteiger partial charge in [-0.25, -0.2) is 9.37 Å². The van der Waals surface area contributed by atoms with Crippen LogP contribution in [0.4, 0.5) is 23.2 Å². The molecule has 0 radical (unpaired) electrons. The van der Waals surface area contributed by atoms with Gasteiger partial charge in [-0.3, -0.25) is 9.59 Å². The van der Waals surface area contributed by atoms with Crippen molar-refractivity contribution in [2.45, 2.75) is 25.9 Å². The molecule has 1 N–H and O–H groups in total. The molecule has 2 aromatic rings. The molecule has 0 spiro atoms. The number of ketones is 1. The van der Waals surface area contributed by atoms with Gasteiger partial charge in [-0.2, -0.15) is 13.2 Å². The first-order valence-corrected chi connectivity index (χ1v) is 11.5. The summed E-state index contributed by atoms with van der Waals surface area (Å²) >= 11 is 0. The Kier molecular flexibility index (Phi) is 9.04. The van der Waals surface area contributed by atoms with Gasteiger partial charge in [0.2, 0.25) is 11.8 Å². The normalized spacial score (nSPS) is 13.8. The number of rotatable bonds is 10. The first-order chi connectivity index (χ1) is 17.5. The van der Waals surface area contributed by atoms with E-state index in [-0.39, 0.29) is 30.1 Å². The number of ether oxygens (including phenoxy) is 2. The van der Waals surface area contributed by atoms with Gasteiger partial charge in [0, 0.05) is 24.6 Å². The number of likely N-dealkylation sites (N-methyl/N-ethyl adjacent to an activating group) is 1. The van der Waals surface area contributed by atoms with E-state index in [4.69, 9.17) is 9.47 Å². The third-order valence-electron chi connectivity index (χ3n) is 5.30. The third kappa shape index (κ3) is 7.63. The molecule has 1 aliphatic rings. The van der Waals surface area contributed by atoms with Crippen molar-refractivity contribution < 1.29 is 36.6 Å². The smallest absolute Gasteiger partial charge is 0.421 e. The Hall–Kier alpha value is -3.73. The number of halogens is 4. The summed E-state index contributed by atoms with van der Waals surface area (Å²) in [6.45, 7) is 2.48. The lowest BCUT2D eigenvalue weighted by molar-refractivity contribution is -0.139. The number of carbonyl (C=O) groups excluding carboxylic acids is 2. The molecule has 7 nitrogen and oxygen atoms in total. The Labute approximate surface area is 211 Å². The van der Waals surface area contributed by atoms with E-state index in [1.54, 1.807) is 38.1 Å². The van der Waals surface area contributed by atoms with E-state index in [1.807, 2.05) is 0 Å². The lowest BCUT2D eigenvalue weighted by atomic mass is 9.95. The average molecular weight is 522 g/mol. The molecule has 1 aromatic heterocycles. The van der Waals surface area contributed by atoms with Crippen molar-refractivity contribution in [3.8, 4) is 5.88 Å². The Balaban J connectivity index is 1.72. The largest absolute Gasteiger partial charge is 0.493 e. The molecule has 1 amide bonds. The summed E-state index contributed by atoms with van der Waals surface area (Å²) in [6.07, 6.45) is -0.953. The summed E-state index contributed by atoms with van der Waals surface area (Å²) in [5, 5.41) is 2.33. The highest BCUT2D eigenvalue weighted by Crippen LogP contribution is 2.36. The fraction of sp³-hybridized carbons (Fsp3) is 0.346. The lowest BCUT2D eigenvalue weighted by Crippen LogP contribution is -2.21. The summed E-state index contributed by atoms with van der Waals surface area (Å²) in [4.78, 5) is 29.6. The van der Waals surface area contributed by atoms with Crippen LogP contribution in [0.5, 0.6) is 5.88 Å². The van der Waals surface area contributed by atoms with Gasteiger partial charge in [0.25, 0.3) is 0 Å². The van der Waals surface area contributed by atoms with Crippen LogP contribution in [-0.4, -0.2) is 55.4 Å². The zero-order chi connectivity index (χ0) is 27.2. The summed E-state index contributed by atoms with van der Waals surface area (Å²) in [6, 6.07) is 4.95. The Morgan fingerprint density at radius 1 is 1.19 bits per heavy atom. The van der Waals surface area contributed by atoms with Gasteiger partial charge in [-0.15, -0.1) is 0 Å². The molecule has 0 aliphatic heterocycles. The molecule has 0 saturated carbocycles. The maximum absolute atomic E-state index is 14.8. The van der Waals surface area contributed by atoms with Crippen LogP contribution in [0, 0.1) is 5.82 Å². The summed E-state index contributed by atoms with van der Waals surface area (Å²) in [7, 11) is 3.50. The van der Waals surface area contributed by atoms with Crippen molar-refractivity contribution >= 4 is 23.0 Å². The molecule has 0 bridgehead atoms. The minimum atomic E-state index is -4.75. The molecule has 0 unspecified atom stereocenters. The zero-order valence-electron chi connectivity index (χ0n) is 20.6. The Morgan fingerprint density at radius 3 is 2.59 bits per heavy atom. The second kappa shape index (κ2) is 12.0. The van der Waals surface area contributed by atoms with E-state index in [2.05, 4.69) is 10.3 Å². The average Bonchev–Trinajstić information content (AvgIpc) is 2.81. The fourth-order valence-electron chi connectivity index (χ4n) is 3.52. The van der Waals surface area contributed by atoms with Crippen molar-refractivity contribution in [2.75, 3.05) is 39.2 Å². The molecule has 11 heteroatoms. The number of carbonyl (C=O) groups is 2. The predicted molar refractivity (Wildman–Crippen MR) is 129 cm³/mol. The van der Waals surface area contributed by atoms with Crippen molar-refractivity contribution in [1.82, 2.24) is 9.88 Å². The van der Waals surface area contributed by atoms with E-state index in [0.29, 0.717) is 30.0 Å². The van der Waals surface area contributed by atoms with Gasteiger partial charge in [0.1, 0.15) is 23.7 Å². The van der Waals surface area contributed by atoms with Gasteiger partial charge in [-0.05, 0) is 44.3 Å². The molecule has 37 heavy (non-hydrogen) atoms. The van der Waals surface area contributed by atoms with Gasteiger partial charge in [0.15, 0.2) is 5.78 Å². The van der Waals surface area contributed by atoms with Crippen LogP contribution in [0.25, 0.3) is 5.57 Å². The molecular formula is C26H27F4N3O4. The van der Waals surface area contributed by atoms with Crippen molar-refractivity contribution in [2.24, 2.45) is 0 Å². The van der Waals surface area contributed by atoms with Crippen LogP contribution in [0.15, 0.2) is 48.4 Å². The number of nitrogens with zero attached hydrogens (tertiary/aromatic N) is 2. The standard InChI is InChI=1S/C26H27F4N3O4/c1-4-36-23-14-19(34)7-8-20(23)16-5-6-17(22(27)11-16)12-24(35)32-18-13-21(26(28,29)30)25(31-15-18)37-10-9-33(2)3/h5-6,8,11,13-15H,4,7,9-10,12H2,1-3H3,(H,32,35). The molecule has 198 valence electrons. The number of benzene rings is 1. The van der Waals surface area contributed by atoms with Gasteiger partial charge < -0.3 is 19.7 Å². The van der Waals surface area contributed by atoms with Crippen LogP contribution >= 0.6 is 0 Å². The molecule has 3 rings (SSSR count). The van der Waals surface area contributed by atoms with Crippen LogP contribution in [-0.2, 0) is 26.9 Å². The molecule has 1 aromatic carbocycles. The van der Waals surface area contributed by atoms with Crippen LogP contribution in [0.1, 0.15) is 30.0 Å². The lowest BCUT2D eigenvalue weighted by Gasteiger charge is -2.17. The van der Waals surface area contributed by atoms with E-state index in [1.165, 1.54) is 18.2 Å². The number of hydrogen-bond acceptors (Lipinski definition) is 6. The maximum Gasteiger partial charge on any atom is 0.421 e. The highest BCUT2D eigenvalue weighted by atomic mass is 19.4. The van der Waals surface area contributed by atoms with E-state index < -0.39 is 35.8 Å². The molecule has 0 saturated heterocycles. The molecular weight excluding hydrogens is 494 g/mol. The van der Waals surface area contributed by atoms with Gasteiger partial charge in [-0.1, -0.05) is 18.2 Å². The fourth-order valence-corrected chi connectivity index (χ4v) is 3.52. The number of anilines is 1. The van der Waals surface area contributed by atoms with E-state index >= 15 is 0 Å². The van der Waals surface area contributed by atoms with Crippen molar-refractivity contribution in [3.05, 3.63) is 70.9 Å². The number of amides is 1. The Morgan fingerprint density at radius 2 is 1.95 bits per heavy atom. The minimum Gasteiger partial charge on any atom is -0.493 e. The summed E-state index contributed by atoms with van der Waals surface area (Å²) in [5.41, 5.74) is -0.245. The predicted octanol–water partition coefficient (Wildman–Crippen LogP) is 4.64. The number of aromatic nitrogens is 1. The van der Waals surface area contributed by atoms with Gasteiger partial charge >= 0.3 is 6.18 Å². The van der Waals surface area contributed by atoms with Crippen molar-refractivity contribution in [1.29, 1.82) is 0 Å². The topological polar surface area (TPSA) is 80.8 Å². The number of nitrogens with one attached hydrogen (secondary N) is 1. The number of allylic oxidation sites excluding steroid dienone is 3. The SMILES string of the molecule is CCOC1=CC(=O)CC=C1c1ccc(CC(=O)Nc2cnc(OCCN(C)C)c(C(F)(F)F)c2)c(F)c1. The first-order valence-electron chi connectivity index (χ1n) is 11.5. The van der Waals surface area contributed by atoms with Crippen LogP contribution < -0.4 is 10.1 Å². The number of pyridine rings is 1. The molecule has 0 atom stereocenters. The molecule has 0 fully saturated rings. The van der Waals surface area contributed by atoms with E-state index in [0.717, 1.165) is 12.3 Å². The second-order valence-corrected chi connectivity index (χ2v) is 8.49. The second-order valence-electron chi connectivity index (χ2n) is 8.49. The minimum absolute atomic E-state index is 0.000871. The quantitative estimate of drug-likeness (QED) is 0.459.